The molecule has 2 aromatic carbocycles. The molecule has 2 saturated heterocycles. The Morgan fingerprint density at radius 3 is 2.00 bits per heavy atom. The Morgan fingerprint density at radius 1 is 0.886 bits per heavy atom. The number of hydrogen-bond acceptors (Lipinski definition) is 6. The second kappa shape index (κ2) is 9.24. The Balaban J connectivity index is 1.32. The number of methoxy groups -OCH3 is 2. The number of rotatable bonds is 7. The van der Waals surface area contributed by atoms with E-state index in [2.05, 4.69) is 4.90 Å². The summed E-state index contributed by atoms with van der Waals surface area (Å²) in [5.74, 6) is 0.975. The first-order valence-electron chi connectivity index (χ1n) is 12.1. The number of carbonyl (C=O) groups is 3. The first kappa shape index (κ1) is 23.2. The Hall–Kier alpha value is -3.55. The third kappa shape index (κ3) is 4.33. The highest BCUT2D eigenvalue weighted by atomic mass is 16.5. The highest BCUT2D eigenvalue weighted by Crippen LogP contribution is 2.44. The SMILES string of the molecule is COc1ccc(N2CCN(C(=O)CC3(c4ccc(OC)cc4)CC(=O)N(C4CC4)C3=O)CC2)cc1. The summed E-state index contributed by atoms with van der Waals surface area (Å²) in [5, 5.41) is 0. The molecular formula is C27H31N3O5. The van der Waals surface area contributed by atoms with Crippen LogP contribution in [0.5, 0.6) is 11.5 Å². The van der Waals surface area contributed by atoms with Crippen molar-refractivity contribution in [3.05, 3.63) is 54.1 Å². The molecule has 3 fully saturated rings. The minimum absolute atomic E-state index is 0.00431. The van der Waals surface area contributed by atoms with Gasteiger partial charge < -0.3 is 19.3 Å². The van der Waals surface area contributed by atoms with Gasteiger partial charge in [-0.05, 0) is 54.8 Å². The molecule has 1 unspecified atom stereocenters. The fourth-order valence-electron chi connectivity index (χ4n) is 5.22. The Morgan fingerprint density at radius 2 is 1.46 bits per heavy atom. The topological polar surface area (TPSA) is 79.4 Å². The van der Waals surface area contributed by atoms with Gasteiger partial charge in [-0.1, -0.05) is 12.1 Å². The number of amides is 3. The molecule has 8 heteroatoms. The molecule has 2 heterocycles. The predicted molar refractivity (Wildman–Crippen MR) is 131 cm³/mol. The number of anilines is 1. The normalized spacial score (nSPS) is 22.5. The molecular weight excluding hydrogens is 446 g/mol. The number of hydrogen-bond donors (Lipinski definition) is 0. The van der Waals surface area contributed by atoms with Crippen LogP contribution in [0.4, 0.5) is 5.69 Å². The third-order valence-electron chi connectivity index (χ3n) is 7.43. The van der Waals surface area contributed by atoms with Crippen LogP contribution in [-0.4, -0.2) is 74.0 Å². The summed E-state index contributed by atoms with van der Waals surface area (Å²) in [7, 11) is 3.23. The fraction of sp³-hybridized carbons (Fsp3) is 0.444. The minimum atomic E-state index is -1.16. The quantitative estimate of drug-likeness (QED) is 0.571. The minimum Gasteiger partial charge on any atom is -0.497 e. The summed E-state index contributed by atoms with van der Waals surface area (Å²) in [5.41, 5.74) is 0.630. The molecule has 0 N–H and O–H groups in total. The molecule has 2 aliphatic heterocycles. The van der Waals surface area contributed by atoms with E-state index in [0.717, 1.165) is 24.3 Å². The highest BCUT2D eigenvalue weighted by Gasteiger charge is 2.57. The van der Waals surface area contributed by atoms with E-state index in [1.165, 1.54) is 4.90 Å². The summed E-state index contributed by atoms with van der Waals surface area (Å²) >= 11 is 0. The van der Waals surface area contributed by atoms with Crippen LogP contribution in [0.2, 0.25) is 0 Å². The van der Waals surface area contributed by atoms with Crippen molar-refractivity contribution in [2.75, 3.05) is 45.3 Å². The molecule has 1 aliphatic carbocycles. The van der Waals surface area contributed by atoms with Crippen molar-refractivity contribution < 1.29 is 23.9 Å². The molecule has 35 heavy (non-hydrogen) atoms. The van der Waals surface area contributed by atoms with Gasteiger partial charge in [0.15, 0.2) is 0 Å². The monoisotopic (exact) mass is 477 g/mol. The van der Waals surface area contributed by atoms with Crippen LogP contribution in [0.1, 0.15) is 31.2 Å². The number of ether oxygens (including phenoxy) is 2. The Bertz CT molecular complexity index is 1100. The lowest BCUT2D eigenvalue weighted by Crippen LogP contribution is -2.51. The van der Waals surface area contributed by atoms with E-state index in [9.17, 15) is 14.4 Å². The van der Waals surface area contributed by atoms with Gasteiger partial charge in [0.1, 0.15) is 11.5 Å². The zero-order chi connectivity index (χ0) is 24.6. The standard InChI is InChI=1S/C27H31N3O5/c1-34-22-9-3-19(4-10-22)27(18-25(32)30(26(27)33)21-5-6-21)17-24(31)29-15-13-28(14-16-29)20-7-11-23(35-2)12-8-20/h3-4,7-12,21H,5-6,13-18H2,1-2H3. The summed E-state index contributed by atoms with van der Waals surface area (Å²) < 4.78 is 10.5. The van der Waals surface area contributed by atoms with E-state index < -0.39 is 5.41 Å². The average molecular weight is 478 g/mol. The zero-order valence-electron chi connectivity index (χ0n) is 20.2. The first-order valence-corrected chi connectivity index (χ1v) is 12.1. The van der Waals surface area contributed by atoms with E-state index in [4.69, 9.17) is 9.47 Å². The second-order valence-electron chi connectivity index (χ2n) is 9.53. The van der Waals surface area contributed by atoms with Gasteiger partial charge in [0.05, 0.1) is 19.6 Å². The predicted octanol–water partition coefficient (Wildman–Crippen LogP) is 2.60. The maximum absolute atomic E-state index is 13.7. The van der Waals surface area contributed by atoms with Crippen LogP contribution in [0.3, 0.4) is 0 Å². The van der Waals surface area contributed by atoms with Crippen LogP contribution < -0.4 is 14.4 Å². The van der Waals surface area contributed by atoms with Crippen LogP contribution in [-0.2, 0) is 19.8 Å². The van der Waals surface area contributed by atoms with Gasteiger partial charge in [0.2, 0.25) is 17.7 Å². The van der Waals surface area contributed by atoms with Crippen LogP contribution in [0.25, 0.3) is 0 Å². The summed E-state index contributed by atoms with van der Waals surface area (Å²) in [6.45, 7) is 2.54. The lowest BCUT2D eigenvalue weighted by molar-refractivity contribution is -0.143. The molecule has 184 valence electrons. The number of likely N-dealkylation sites (tertiary alicyclic amines) is 1. The van der Waals surface area contributed by atoms with Gasteiger partial charge in [-0.2, -0.15) is 0 Å². The van der Waals surface area contributed by atoms with Gasteiger partial charge in [-0.25, -0.2) is 0 Å². The van der Waals surface area contributed by atoms with Gasteiger partial charge in [-0.15, -0.1) is 0 Å². The Labute approximate surface area is 205 Å². The molecule has 3 amide bonds. The molecule has 0 spiro atoms. The summed E-state index contributed by atoms with van der Waals surface area (Å²) in [6, 6.07) is 15.1. The lowest BCUT2D eigenvalue weighted by Gasteiger charge is -2.37. The first-order chi connectivity index (χ1) is 16.9. The Kier molecular flexibility index (Phi) is 6.13. The van der Waals surface area contributed by atoms with Crippen LogP contribution in [0.15, 0.2) is 48.5 Å². The highest BCUT2D eigenvalue weighted by molar-refractivity contribution is 6.11. The molecule has 0 bridgehead atoms. The molecule has 5 rings (SSSR count). The molecule has 0 radical (unpaired) electrons. The van der Waals surface area contributed by atoms with Crippen LogP contribution in [0, 0.1) is 0 Å². The molecule has 0 aromatic heterocycles. The van der Waals surface area contributed by atoms with E-state index in [0.29, 0.717) is 37.5 Å². The van der Waals surface area contributed by atoms with Gasteiger partial charge >= 0.3 is 0 Å². The third-order valence-corrected chi connectivity index (χ3v) is 7.43. The molecule has 3 aliphatic rings. The summed E-state index contributed by atoms with van der Waals surface area (Å²) in [6.07, 6.45) is 1.72. The van der Waals surface area contributed by atoms with Crippen molar-refractivity contribution in [1.82, 2.24) is 9.80 Å². The van der Waals surface area contributed by atoms with Crippen molar-refractivity contribution in [3.8, 4) is 11.5 Å². The van der Waals surface area contributed by atoms with Crippen molar-refractivity contribution >= 4 is 23.4 Å². The molecule has 1 saturated carbocycles. The number of benzene rings is 2. The van der Waals surface area contributed by atoms with Gasteiger partial charge in [0.25, 0.3) is 0 Å². The van der Waals surface area contributed by atoms with E-state index in [1.54, 1.807) is 26.4 Å². The van der Waals surface area contributed by atoms with Gasteiger partial charge in [0, 0.05) is 50.7 Å². The van der Waals surface area contributed by atoms with E-state index >= 15 is 0 Å². The van der Waals surface area contributed by atoms with Gasteiger partial charge in [-0.3, -0.25) is 19.3 Å². The average Bonchev–Trinajstić information content (AvgIpc) is 3.69. The lowest BCUT2D eigenvalue weighted by atomic mass is 9.75. The van der Waals surface area contributed by atoms with Crippen molar-refractivity contribution in [1.29, 1.82) is 0 Å². The number of carbonyl (C=O) groups excluding carboxylic acids is 3. The maximum Gasteiger partial charge on any atom is 0.241 e. The van der Waals surface area contributed by atoms with Crippen molar-refractivity contribution in [2.24, 2.45) is 0 Å². The molecule has 1 atom stereocenters. The fourth-order valence-corrected chi connectivity index (χ4v) is 5.22. The maximum atomic E-state index is 13.7. The number of piperazine rings is 1. The second-order valence-corrected chi connectivity index (χ2v) is 9.53. The zero-order valence-corrected chi connectivity index (χ0v) is 20.2. The summed E-state index contributed by atoms with van der Waals surface area (Å²) in [4.78, 5) is 45.6. The van der Waals surface area contributed by atoms with Crippen molar-refractivity contribution in [2.45, 2.75) is 37.1 Å². The smallest absolute Gasteiger partial charge is 0.241 e. The van der Waals surface area contributed by atoms with Crippen LogP contribution >= 0.6 is 0 Å². The number of imide groups is 1. The van der Waals surface area contributed by atoms with E-state index in [-0.39, 0.29) is 36.6 Å². The number of nitrogens with zero attached hydrogens (tertiary/aromatic N) is 3. The largest absolute Gasteiger partial charge is 0.497 e. The van der Waals surface area contributed by atoms with Crippen molar-refractivity contribution in [3.63, 3.8) is 0 Å². The molecule has 2 aromatic rings. The molecule has 8 nitrogen and oxygen atoms in total. The van der Waals surface area contributed by atoms with E-state index in [1.807, 2.05) is 41.3 Å².